The predicted molar refractivity (Wildman–Crippen MR) is 139 cm³/mol. The second-order valence-electron chi connectivity index (χ2n) is 8.69. The number of carbonyl (C=O) groups is 2. The number of sulfone groups is 1. The zero-order chi connectivity index (χ0) is 26.4. The predicted octanol–water partition coefficient (Wildman–Crippen LogP) is 4.09. The van der Waals surface area contributed by atoms with Crippen molar-refractivity contribution in [1.82, 2.24) is 5.01 Å². The summed E-state index contributed by atoms with van der Waals surface area (Å²) < 4.78 is 35.4. The van der Waals surface area contributed by atoms with Gasteiger partial charge in [-0.15, -0.1) is 0 Å². The van der Waals surface area contributed by atoms with E-state index in [4.69, 9.17) is 9.47 Å². The molecule has 1 amide bonds. The fourth-order valence-corrected chi connectivity index (χ4v) is 5.21. The van der Waals surface area contributed by atoms with Gasteiger partial charge in [-0.05, 0) is 42.3 Å². The van der Waals surface area contributed by atoms with Gasteiger partial charge in [0.15, 0.2) is 16.4 Å². The zero-order valence-electron chi connectivity index (χ0n) is 20.7. The number of carbonyl (C=O) groups excluding carboxylic acids is 2. The van der Waals surface area contributed by atoms with E-state index < -0.39 is 34.1 Å². The Hall–Kier alpha value is -3.98. The Bertz CT molecular complexity index is 1380. The first-order chi connectivity index (χ1) is 17.8. The van der Waals surface area contributed by atoms with Gasteiger partial charge in [0, 0.05) is 6.42 Å². The van der Waals surface area contributed by atoms with Crippen molar-refractivity contribution in [3.63, 3.8) is 0 Å². The van der Waals surface area contributed by atoms with E-state index in [0.717, 1.165) is 22.4 Å². The first-order valence-corrected chi connectivity index (χ1v) is 13.5. The van der Waals surface area contributed by atoms with Crippen molar-refractivity contribution in [1.29, 1.82) is 0 Å². The fraction of sp³-hybridized carbons (Fsp3) is 0.250. The van der Waals surface area contributed by atoms with Crippen molar-refractivity contribution in [3.8, 4) is 5.75 Å². The molecule has 0 saturated carbocycles. The number of hydrogen-bond donors (Lipinski definition) is 0. The third kappa shape index (κ3) is 6.42. The molecule has 3 aromatic carbocycles. The molecule has 0 aromatic heterocycles. The molecule has 9 heteroatoms. The van der Waals surface area contributed by atoms with E-state index in [0.29, 0.717) is 12.2 Å². The molecule has 0 N–H and O–H groups in total. The lowest BCUT2D eigenvalue weighted by atomic mass is 9.98. The van der Waals surface area contributed by atoms with E-state index in [1.54, 1.807) is 19.2 Å². The topological polar surface area (TPSA) is 102 Å². The molecule has 1 aliphatic rings. The minimum absolute atomic E-state index is 0.143. The Morgan fingerprint density at radius 1 is 0.973 bits per heavy atom. The Kier molecular flexibility index (Phi) is 8.03. The summed E-state index contributed by atoms with van der Waals surface area (Å²) in [5, 5.41) is 5.88. The molecule has 1 unspecified atom stereocenters. The number of ether oxygens (including phenoxy) is 2. The number of hydrogen-bond acceptors (Lipinski definition) is 7. The fourth-order valence-electron chi connectivity index (χ4n) is 3.99. The Morgan fingerprint density at radius 3 is 2.30 bits per heavy atom. The Morgan fingerprint density at radius 2 is 1.65 bits per heavy atom. The van der Waals surface area contributed by atoms with Crippen molar-refractivity contribution in [2.45, 2.75) is 30.7 Å². The highest BCUT2D eigenvalue weighted by molar-refractivity contribution is 7.91. The van der Waals surface area contributed by atoms with E-state index in [2.05, 4.69) is 5.10 Å². The van der Waals surface area contributed by atoms with Crippen LogP contribution in [0.2, 0.25) is 0 Å². The van der Waals surface area contributed by atoms with Crippen LogP contribution in [0.15, 0.2) is 88.9 Å². The van der Waals surface area contributed by atoms with E-state index in [9.17, 15) is 18.0 Å². The minimum Gasteiger partial charge on any atom is -0.497 e. The molecule has 0 aliphatic carbocycles. The molecular weight excluding hydrogens is 492 g/mol. The molecule has 0 bridgehead atoms. The van der Waals surface area contributed by atoms with Crippen LogP contribution in [0.3, 0.4) is 0 Å². The summed E-state index contributed by atoms with van der Waals surface area (Å²) in [5.74, 6) is -0.978. The summed E-state index contributed by atoms with van der Waals surface area (Å²) >= 11 is 0. The van der Waals surface area contributed by atoms with Crippen LogP contribution in [0, 0.1) is 6.92 Å². The quantitative estimate of drug-likeness (QED) is 0.394. The average Bonchev–Trinajstić information content (AvgIpc) is 3.37. The first kappa shape index (κ1) is 26.1. The van der Waals surface area contributed by atoms with Crippen LogP contribution in [0.1, 0.15) is 35.6 Å². The van der Waals surface area contributed by atoms with Gasteiger partial charge in [-0.1, -0.05) is 60.2 Å². The maximum absolute atomic E-state index is 13.1. The molecule has 192 valence electrons. The Balaban J connectivity index is 1.42. The van der Waals surface area contributed by atoms with Crippen LogP contribution in [0.4, 0.5) is 0 Å². The molecule has 37 heavy (non-hydrogen) atoms. The second-order valence-corrected chi connectivity index (χ2v) is 10.8. The van der Waals surface area contributed by atoms with Crippen LogP contribution >= 0.6 is 0 Å². The molecule has 3 aromatic rings. The van der Waals surface area contributed by atoms with Gasteiger partial charge in [-0.25, -0.2) is 13.4 Å². The highest BCUT2D eigenvalue weighted by atomic mass is 32.2. The third-order valence-corrected chi connectivity index (χ3v) is 7.82. The van der Waals surface area contributed by atoms with E-state index in [1.165, 1.54) is 17.1 Å². The second kappa shape index (κ2) is 11.4. The highest BCUT2D eigenvalue weighted by Crippen LogP contribution is 2.33. The number of nitrogens with zero attached hydrogens (tertiary/aromatic N) is 2. The standard InChI is InChI=1S/C28H28N2O6S/c1-20-8-14-24(15-9-20)37(33,34)17-16-28(32)36-19-27(31)30-26(22-10-12-23(35-2)13-11-22)18-25(29-30)21-6-4-3-5-7-21/h3-15,26H,16-19H2,1-2H3. The normalized spacial score (nSPS) is 15.2. The maximum atomic E-state index is 13.1. The van der Waals surface area contributed by atoms with Gasteiger partial charge >= 0.3 is 5.97 Å². The summed E-state index contributed by atoms with van der Waals surface area (Å²) in [6.07, 6.45) is 0.134. The van der Waals surface area contributed by atoms with Gasteiger partial charge in [-0.3, -0.25) is 9.59 Å². The monoisotopic (exact) mass is 520 g/mol. The smallest absolute Gasteiger partial charge is 0.307 e. The molecule has 1 atom stereocenters. The van der Waals surface area contributed by atoms with Gasteiger partial charge in [-0.2, -0.15) is 5.10 Å². The SMILES string of the molecule is COc1ccc(C2CC(c3ccccc3)=NN2C(=O)COC(=O)CCS(=O)(=O)c2ccc(C)cc2)cc1. The molecule has 8 nitrogen and oxygen atoms in total. The summed E-state index contributed by atoms with van der Waals surface area (Å²) in [5.41, 5.74) is 3.43. The maximum Gasteiger partial charge on any atom is 0.307 e. The number of esters is 1. The van der Waals surface area contributed by atoms with Gasteiger partial charge in [0.2, 0.25) is 0 Å². The molecule has 0 spiro atoms. The average molecular weight is 521 g/mol. The molecule has 0 saturated heterocycles. The molecule has 0 fully saturated rings. The summed E-state index contributed by atoms with van der Waals surface area (Å²) in [4.78, 5) is 25.5. The van der Waals surface area contributed by atoms with E-state index in [1.807, 2.05) is 61.5 Å². The lowest BCUT2D eigenvalue weighted by Crippen LogP contribution is -2.31. The number of aryl methyl sites for hydroxylation is 1. The van der Waals surface area contributed by atoms with Crippen LogP contribution in [-0.2, 0) is 24.2 Å². The number of rotatable bonds is 9. The number of benzene rings is 3. The van der Waals surface area contributed by atoms with E-state index >= 15 is 0 Å². The highest BCUT2D eigenvalue weighted by Gasteiger charge is 2.33. The van der Waals surface area contributed by atoms with Crippen molar-refractivity contribution in [2.24, 2.45) is 5.10 Å². The van der Waals surface area contributed by atoms with Gasteiger partial charge in [0.1, 0.15) is 5.75 Å². The Labute approximate surface area is 216 Å². The summed E-state index contributed by atoms with van der Waals surface area (Å²) in [6.45, 7) is 1.32. The van der Waals surface area contributed by atoms with Crippen LogP contribution in [-0.4, -0.2) is 50.5 Å². The third-order valence-electron chi connectivity index (χ3n) is 6.09. The molecule has 1 aliphatic heterocycles. The van der Waals surface area contributed by atoms with Gasteiger partial charge in [0.05, 0.1) is 35.9 Å². The van der Waals surface area contributed by atoms with E-state index in [-0.39, 0.29) is 17.4 Å². The molecule has 0 radical (unpaired) electrons. The van der Waals surface area contributed by atoms with Crippen molar-refractivity contribution >= 4 is 27.4 Å². The number of amides is 1. The molecule has 1 heterocycles. The summed E-state index contributed by atoms with van der Waals surface area (Å²) in [7, 11) is -2.06. The minimum atomic E-state index is -3.64. The summed E-state index contributed by atoms with van der Waals surface area (Å²) in [6, 6.07) is 22.9. The van der Waals surface area contributed by atoms with Crippen LogP contribution in [0.5, 0.6) is 5.75 Å². The molecular formula is C28H28N2O6S. The molecule has 4 rings (SSSR count). The first-order valence-electron chi connectivity index (χ1n) is 11.8. The van der Waals surface area contributed by atoms with Crippen molar-refractivity contribution in [3.05, 3.63) is 95.6 Å². The van der Waals surface area contributed by atoms with Gasteiger partial charge in [0.25, 0.3) is 5.91 Å². The van der Waals surface area contributed by atoms with Gasteiger partial charge < -0.3 is 9.47 Å². The lowest BCUT2D eigenvalue weighted by molar-refractivity contribution is -0.152. The van der Waals surface area contributed by atoms with Crippen LogP contribution < -0.4 is 4.74 Å². The van der Waals surface area contributed by atoms with Crippen LogP contribution in [0.25, 0.3) is 0 Å². The number of hydrazone groups is 1. The van der Waals surface area contributed by atoms with Crippen molar-refractivity contribution in [2.75, 3.05) is 19.5 Å². The zero-order valence-corrected chi connectivity index (χ0v) is 21.5. The largest absolute Gasteiger partial charge is 0.497 e. The number of methoxy groups -OCH3 is 1. The lowest BCUT2D eigenvalue weighted by Gasteiger charge is -2.22. The van der Waals surface area contributed by atoms with Crippen molar-refractivity contribution < 1.29 is 27.5 Å².